The summed E-state index contributed by atoms with van der Waals surface area (Å²) in [6, 6.07) is 0. The van der Waals surface area contributed by atoms with Gasteiger partial charge in [0.05, 0.1) is 31.0 Å². The van der Waals surface area contributed by atoms with Crippen LogP contribution in [0, 0.1) is 11.3 Å². The minimum Gasteiger partial charge on any atom is -0.481 e. The van der Waals surface area contributed by atoms with E-state index in [9.17, 15) is 18.3 Å². The Balaban J connectivity index is 1.92. The molecule has 2 rings (SSSR count). The number of rotatable bonds is 8. The van der Waals surface area contributed by atoms with Crippen LogP contribution in [-0.2, 0) is 24.3 Å². The third-order valence-corrected chi connectivity index (χ3v) is 6.32. The molecule has 0 radical (unpaired) electrons. The summed E-state index contributed by atoms with van der Waals surface area (Å²) >= 11 is 0. The van der Waals surface area contributed by atoms with Crippen LogP contribution in [0.4, 0.5) is 0 Å². The molecule has 0 aromatic rings. The molecule has 0 unspecified atom stereocenters. The lowest BCUT2D eigenvalue weighted by molar-refractivity contribution is -0.149. The van der Waals surface area contributed by atoms with Crippen molar-refractivity contribution in [3.8, 4) is 0 Å². The fourth-order valence-corrected chi connectivity index (χ4v) is 4.76. The lowest BCUT2D eigenvalue weighted by Crippen LogP contribution is -2.38. The second-order valence-electron chi connectivity index (χ2n) is 5.76. The van der Waals surface area contributed by atoms with Gasteiger partial charge >= 0.3 is 5.97 Å². The third-order valence-electron chi connectivity index (χ3n) is 4.58. The van der Waals surface area contributed by atoms with Gasteiger partial charge in [0.25, 0.3) is 0 Å². The fourth-order valence-electron chi connectivity index (χ4n) is 3.34. The Labute approximate surface area is 125 Å². The molecule has 122 valence electrons. The van der Waals surface area contributed by atoms with Crippen LogP contribution in [0.25, 0.3) is 0 Å². The van der Waals surface area contributed by atoms with Gasteiger partial charge in [-0.3, -0.25) is 4.79 Å². The molecular weight excluding hydrogens is 298 g/mol. The van der Waals surface area contributed by atoms with Gasteiger partial charge in [-0.15, -0.1) is 0 Å². The van der Waals surface area contributed by atoms with Crippen LogP contribution in [0.3, 0.4) is 0 Å². The molecule has 8 heteroatoms. The highest BCUT2D eigenvalue weighted by Gasteiger charge is 2.56. The Bertz CT molecular complexity index is 479. The SMILES string of the molecule is COCCOCCS(=O)(=O)N1C[C@@H]2CCC[C@@]2(C(=O)O)C1. The highest BCUT2D eigenvalue weighted by Crippen LogP contribution is 2.49. The van der Waals surface area contributed by atoms with E-state index in [1.165, 1.54) is 4.31 Å². The zero-order valence-corrected chi connectivity index (χ0v) is 13.1. The molecule has 1 heterocycles. The number of carbonyl (C=O) groups is 1. The molecule has 0 aromatic heterocycles. The normalized spacial score (nSPS) is 29.7. The Kier molecular flexibility index (Phi) is 5.24. The van der Waals surface area contributed by atoms with Gasteiger partial charge in [0.2, 0.25) is 10.0 Å². The van der Waals surface area contributed by atoms with E-state index < -0.39 is 21.4 Å². The Morgan fingerprint density at radius 3 is 2.76 bits per heavy atom. The van der Waals surface area contributed by atoms with E-state index in [2.05, 4.69) is 0 Å². The Morgan fingerprint density at radius 2 is 2.14 bits per heavy atom. The van der Waals surface area contributed by atoms with Crippen molar-refractivity contribution in [1.29, 1.82) is 0 Å². The molecule has 7 nitrogen and oxygen atoms in total. The van der Waals surface area contributed by atoms with Crippen LogP contribution >= 0.6 is 0 Å². The van der Waals surface area contributed by atoms with Gasteiger partial charge < -0.3 is 14.6 Å². The second-order valence-corrected chi connectivity index (χ2v) is 7.85. The van der Waals surface area contributed by atoms with E-state index in [-0.39, 0.29) is 24.8 Å². The first kappa shape index (κ1) is 16.7. The fraction of sp³-hybridized carbons (Fsp3) is 0.923. The number of carboxylic acids is 1. The van der Waals surface area contributed by atoms with Crippen molar-refractivity contribution >= 4 is 16.0 Å². The molecule has 0 bridgehead atoms. The molecule has 0 amide bonds. The van der Waals surface area contributed by atoms with Crippen molar-refractivity contribution in [2.45, 2.75) is 19.3 Å². The van der Waals surface area contributed by atoms with Gasteiger partial charge in [0.15, 0.2) is 0 Å². The topological polar surface area (TPSA) is 93.1 Å². The first-order valence-corrected chi connectivity index (χ1v) is 8.81. The van der Waals surface area contributed by atoms with E-state index in [1.807, 2.05) is 0 Å². The molecule has 21 heavy (non-hydrogen) atoms. The largest absolute Gasteiger partial charge is 0.481 e. The average Bonchev–Trinajstić information content (AvgIpc) is 2.96. The van der Waals surface area contributed by atoms with E-state index in [0.717, 1.165) is 12.8 Å². The highest BCUT2D eigenvalue weighted by molar-refractivity contribution is 7.89. The van der Waals surface area contributed by atoms with Gasteiger partial charge in [-0.05, 0) is 18.8 Å². The number of aliphatic carboxylic acids is 1. The van der Waals surface area contributed by atoms with Gasteiger partial charge in [-0.25, -0.2) is 12.7 Å². The van der Waals surface area contributed by atoms with E-state index in [1.54, 1.807) is 7.11 Å². The smallest absolute Gasteiger partial charge is 0.311 e. The quantitative estimate of drug-likeness (QED) is 0.640. The van der Waals surface area contributed by atoms with Crippen LogP contribution < -0.4 is 0 Å². The van der Waals surface area contributed by atoms with Crippen LogP contribution in [0.2, 0.25) is 0 Å². The van der Waals surface area contributed by atoms with Crippen molar-refractivity contribution in [2.24, 2.45) is 11.3 Å². The second kappa shape index (κ2) is 6.60. The Morgan fingerprint density at radius 1 is 1.38 bits per heavy atom. The molecule has 1 aliphatic carbocycles. The first-order valence-electron chi connectivity index (χ1n) is 7.20. The molecule has 1 N–H and O–H groups in total. The summed E-state index contributed by atoms with van der Waals surface area (Å²) in [5, 5.41) is 9.47. The molecule has 2 aliphatic rings. The molecule has 1 aliphatic heterocycles. The predicted octanol–water partition coefficient (Wildman–Crippen LogP) is 0.166. The van der Waals surface area contributed by atoms with Gasteiger partial charge in [-0.2, -0.15) is 0 Å². The number of hydrogen-bond donors (Lipinski definition) is 1. The standard InChI is InChI=1S/C13H23NO6S/c1-19-5-6-20-7-8-21(17,18)14-9-11-3-2-4-13(11,10-14)12(15)16/h11H,2-10H2,1H3,(H,15,16)/t11-,13+/m0/s1. The van der Waals surface area contributed by atoms with Crippen LogP contribution in [0.15, 0.2) is 0 Å². The minimum absolute atomic E-state index is 0.0563. The summed E-state index contributed by atoms with van der Waals surface area (Å²) in [4.78, 5) is 11.5. The summed E-state index contributed by atoms with van der Waals surface area (Å²) < 4.78 is 35.9. The summed E-state index contributed by atoms with van der Waals surface area (Å²) in [7, 11) is -1.91. The molecule has 0 aromatic carbocycles. The molecule has 1 saturated heterocycles. The maximum Gasteiger partial charge on any atom is 0.311 e. The highest BCUT2D eigenvalue weighted by atomic mass is 32.2. The van der Waals surface area contributed by atoms with E-state index in [4.69, 9.17) is 9.47 Å². The summed E-state index contributed by atoms with van der Waals surface area (Å²) in [5.41, 5.74) is -0.871. The molecule has 0 spiro atoms. The number of nitrogens with zero attached hydrogens (tertiary/aromatic N) is 1. The van der Waals surface area contributed by atoms with Gasteiger partial charge in [0, 0.05) is 20.2 Å². The zero-order chi connectivity index (χ0) is 15.5. The summed E-state index contributed by atoms with van der Waals surface area (Å²) in [6.45, 7) is 1.31. The van der Waals surface area contributed by atoms with Crippen molar-refractivity contribution in [3.63, 3.8) is 0 Å². The predicted molar refractivity (Wildman–Crippen MR) is 75.5 cm³/mol. The number of ether oxygens (including phenoxy) is 2. The van der Waals surface area contributed by atoms with E-state index in [0.29, 0.717) is 26.2 Å². The van der Waals surface area contributed by atoms with E-state index >= 15 is 0 Å². The number of carboxylic acid groups (broad SMARTS) is 1. The maximum absolute atomic E-state index is 12.3. The maximum atomic E-state index is 12.3. The monoisotopic (exact) mass is 321 g/mol. The first-order chi connectivity index (χ1) is 9.92. The number of fused-ring (bicyclic) bond motifs is 1. The lowest BCUT2D eigenvalue weighted by atomic mass is 9.81. The van der Waals surface area contributed by atoms with Crippen molar-refractivity contribution in [3.05, 3.63) is 0 Å². The van der Waals surface area contributed by atoms with Crippen molar-refractivity contribution in [2.75, 3.05) is 45.8 Å². The van der Waals surface area contributed by atoms with Crippen LogP contribution in [0.5, 0.6) is 0 Å². The number of hydrogen-bond acceptors (Lipinski definition) is 5. The number of sulfonamides is 1. The minimum atomic E-state index is -3.46. The van der Waals surface area contributed by atoms with Crippen molar-refractivity contribution in [1.82, 2.24) is 4.31 Å². The molecule has 2 fully saturated rings. The van der Waals surface area contributed by atoms with Crippen LogP contribution in [-0.4, -0.2) is 69.6 Å². The number of methoxy groups -OCH3 is 1. The summed E-state index contributed by atoms with van der Waals surface area (Å²) in [6.07, 6.45) is 2.23. The molecular formula is C13H23NO6S. The third kappa shape index (κ3) is 3.39. The zero-order valence-electron chi connectivity index (χ0n) is 12.3. The van der Waals surface area contributed by atoms with Gasteiger partial charge in [0.1, 0.15) is 0 Å². The molecule has 2 atom stereocenters. The molecule has 1 saturated carbocycles. The summed E-state index contributed by atoms with van der Waals surface area (Å²) in [5.74, 6) is -1.03. The average molecular weight is 321 g/mol. The van der Waals surface area contributed by atoms with Crippen LogP contribution in [0.1, 0.15) is 19.3 Å². The van der Waals surface area contributed by atoms with Gasteiger partial charge in [-0.1, -0.05) is 6.42 Å². The van der Waals surface area contributed by atoms with Crippen molar-refractivity contribution < 1.29 is 27.8 Å². The lowest BCUT2D eigenvalue weighted by Gasteiger charge is -2.23. The Hall–Kier alpha value is -0.700.